The average molecular weight is 282 g/mol. The van der Waals surface area contributed by atoms with E-state index in [1.165, 1.54) is 0 Å². The molecule has 20 heavy (non-hydrogen) atoms. The highest BCUT2D eigenvalue weighted by atomic mass is 19.1. The molecule has 108 valence electrons. The van der Waals surface area contributed by atoms with Gasteiger partial charge in [-0.25, -0.2) is 13.2 Å². The van der Waals surface area contributed by atoms with Crippen molar-refractivity contribution in [2.45, 2.75) is 27.3 Å². The number of amidine groups is 1. The smallest absolute Gasteiger partial charge is 0.134 e. The lowest BCUT2D eigenvalue weighted by molar-refractivity contribution is 0.524. The first kappa shape index (κ1) is 16.0. The van der Waals surface area contributed by atoms with Crippen LogP contribution >= 0.6 is 0 Å². The predicted molar refractivity (Wildman–Crippen MR) is 74.8 cm³/mol. The number of aliphatic imine (C=N–C) groups is 1. The first-order chi connectivity index (χ1) is 9.43. The predicted octanol–water partition coefficient (Wildman–Crippen LogP) is 4.09. The lowest BCUT2D eigenvalue weighted by atomic mass is 10.2. The Hall–Kier alpha value is -2.04. The van der Waals surface area contributed by atoms with Crippen LogP contribution in [0.5, 0.6) is 0 Å². The van der Waals surface area contributed by atoms with E-state index >= 15 is 0 Å². The van der Waals surface area contributed by atoms with Gasteiger partial charge >= 0.3 is 0 Å². The highest BCUT2D eigenvalue weighted by Gasteiger charge is 2.10. The van der Waals surface area contributed by atoms with E-state index in [0.29, 0.717) is 18.0 Å². The lowest BCUT2D eigenvalue weighted by Crippen LogP contribution is -2.15. The minimum atomic E-state index is -0.941. The number of hydrogen-bond acceptors (Lipinski definition) is 1. The van der Waals surface area contributed by atoms with E-state index in [4.69, 9.17) is 0 Å². The summed E-state index contributed by atoms with van der Waals surface area (Å²) >= 11 is 0. The quantitative estimate of drug-likeness (QED) is 0.652. The molecule has 0 saturated heterocycles. The van der Waals surface area contributed by atoms with Crippen LogP contribution in [0, 0.1) is 17.5 Å². The summed E-state index contributed by atoms with van der Waals surface area (Å²) in [5.74, 6) is -2.34. The first-order valence-corrected chi connectivity index (χ1v) is 6.14. The van der Waals surface area contributed by atoms with Gasteiger partial charge in [0.15, 0.2) is 0 Å². The molecule has 1 rings (SSSR count). The van der Waals surface area contributed by atoms with Gasteiger partial charge in [-0.1, -0.05) is 11.6 Å². The summed E-state index contributed by atoms with van der Waals surface area (Å²) in [6, 6.07) is 1.29. The number of hydrogen-bond donors (Lipinski definition) is 1. The van der Waals surface area contributed by atoms with Gasteiger partial charge in [0.05, 0.1) is 6.54 Å². The molecule has 0 atom stereocenters. The molecule has 0 fully saturated rings. The highest BCUT2D eigenvalue weighted by molar-refractivity contribution is 5.93. The van der Waals surface area contributed by atoms with E-state index in [-0.39, 0.29) is 12.1 Å². The molecule has 0 amide bonds. The van der Waals surface area contributed by atoms with E-state index in [9.17, 15) is 13.2 Å². The minimum absolute atomic E-state index is 0.207. The molecule has 1 aromatic carbocycles. The molecule has 0 radical (unpaired) electrons. The molecule has 0 heterocycles. The standard InChI is InChI=1S/C15H17F3N2/c1-4-5-15(19-8-10(2)3)20-9-12-13(17)6-11(16)7-14(12)18/h4-8H,9H2,1-3H3,(H,19,20)/b5-4-. The van der Waals surface area contributed by atoms with Gasteiger partial charge < -0.3 is 5.32 Å². The molecule has 0 aromatic heterocycles. The number of benzene rings is 1. The zero-order valence-electron chi connectivity index (χ0n) is 11.7. The van der Waals surface area contributed by atoms with Crippen molar-refractivity contribution < 1.29 is 13.2 Å². The third-order valence-electron chi connectivity index (χ3n) is 2.35. The van der Waals surface area contributed by atoms with Crippen molar-refractivity contribution >= 4 is 5.84 Å². The zero-order valence-corrected chi connectivity index (χ0v) is 11.7. The van der Waals surface area contributed by atoms with Crippen LogP contribution in [0.4, 0.5) is 13.2 Å². The number of halogens is 3. The average Bonchev–Trinajstić information content (AvgIpc) is 2.34. The summed E-state index contributed by atoms with van der Waals surface area (Å²) in [5.41, 5.74) is 0.772. The molecule has 1 N–H and O–H groups in total. The van der Waals surface area contributed by atoms with Gasteiger partial charge in [0.2, 0.25) is 0 Å². The van der Waals surface area contributed by atoms with Gasteiger partial charge in [0.1, 0.15) is 23.3 Å². The number of nitrogens with zero attached hydrogens (tertiary/aromatic N) is 1. The molecule has 0 spiro atoms. The molecule has 2 nitrogen and oxygen atoms in total. The van der Waals surface area contributed by atoms with Crippen LogP contribution in [0.2, 0.25) is 0 Å². The molecule has 0 saturated carbocycles. The Labute approximate surface area is 116 Å². The summed E-state index contributed by atoms with van der Waals surface area (Å²) in [5, 5.41) is 2.92. The summed E-state index contributed by atoms with van der Waals surface area (Å²) in [4.78, 5) is 4.08. The fourth-order valence-corrected chi connectivity index (χ4v) is 1.41. The Morgan fingerprint density at radius 1 is 1.20 bits per heavy atom. The normalized spacial score (nSPS) is 11.8. The Kier molecular flexibility index (Phi) is 6.03. The maximum absolute atomic E-state index is 13.5. The van der Waals surface area contributed by atoms with E-state index in [2.05, 4.69) is 10.3 Å². The zero-order chi connectivity index (χ0) is 15.1. The van der Waals surface area contributed by atoms with Crippen molar-refractivity contribution in [3.63, 3.8) is 0 Å². The molecule has 0 bridgehead atoms. The van der Waals surface area contributed by atoms with Crippen LogP contribution in [-0.2, 0) is 6.54 Å². The van der Waals surface area contributed by atoms with Crippen molar-refractivity contribution in [1.82, 2.24) is 5.32 Å². The van der Waals surface area contributed by atoms with Crippen LogP contribution in [0.15, 0.2) is 41.1 Å². The van der Waals surface area contributed by atoms with Gasteiger partial charge in [-0.05, 0) is 26.8 Å². The number of rotatable bonds is 4. The monoisotopic (exact) mass is 282 g/mol. The molecular formula is C15H17F3N2. The van der Waals surface area contributed by atoms with Crippen LogP contribution in [0.25, 0.3) is 0 Å². The molecular weight excluding hydrogens is 265 g/mol. The van der Waals surface area contributed by atoms with E-state index < -0.39 is 17.5 Å². The summed E-state index contributed by atoms with van der Waals surface area (Å²) in [6.07, 6.45) is 5.16. The summed E-state index contributed by atoms with van der Waals surface area (Å²) < 4.78 is 39.7. The van der Waals surface area contributed by atoms with Gasteiger partial charge in [0.25, 0.3) is 0 Å². The van der Waals surface area contributed by atoms with Crippen molar-refractivity contribution in [1.29, 1.82) is 0 Å². The van der Waals surface area contributed by atoms with Crippen LogP contribution < -0.4 is 5.32 Å². The summed E-state index contributed by atoms with van der Waals surface area (Å²) in [6.45, 7) is 5.40. The molecule has 0 aliphatic rings. The summed E-state index contributed by atoms with van der Waals surface area (Å²) in [7, 11) is 0. The largest absolute Gasteiger partial charge is 0.347 e. The van der Waals surface area contributed by atoms with Crippen LogP contribution in [0.1, 0.15) is 26.3 Å². The number of allylic oxidation sites excluding steroid dienone is 2. The lowest BCUT2D eigenvalue weighted by Gasteiger charge is -2.05. The molecule has 0 aliphatic heterocycles. The van der Waals surface area contributed by atoms with Gasteiger partial charge in [-0.3, -0.25) is 4.99 Å². The fourth-order valence-electron chi connectivity index (χ4n) is 1.41. The maximum Gasteiger partial charge on any atom is 0.134 e. The second-order valence-electron chi connectivity index (χ2n) is 4.42. The first-order valence-electron chi connectivity index (χ1n) is 6.14. The van der Waals surface area contributed by atoms with Gasteiger partial charge in [-0.2, -0.15) is 0 Å². The molecule has 1 aromatic rings. The SMILES string of the molecule is C/C=C\C(=NCc1c(F)cc(F)cc1F)NC=C(C)C. The Morgan fingerprint density at radius 3 is 2.30 bits per heavy atom. The van der Waals surface area contributed by atoms with Crippen molar-refractivity contribution in [3.8, 4) is 0 Å². The van der Waals surface area contributed by atoms with E-state index in [0.717, 1.165) is 5.57 Å². The topological polar surface area (TPSA) is 24.4 Å². The Balaban J connectivity index is 2.95. The van der Waals surface area contributed by atoms with Gasteiger partial charge in [0, 0.05) is 23.9 Å². The second-order valence-corrected chi connectivity index (χ2v) is 4.42. The third-order valence-corrected chi connectivity index (χ3v) is 2.35. The Bertz CT molecular complexity index is 533. The fraction of sp³-hybridized carbons (Fsp3) is 0.267. The third kappa shape index (κ3) is 4.91. The second kappa shape index (κ2) is 7.53. The minimum Gasteiger partial charge on any atom is -0.347 e. The number of nitrogens with one attached hydrogen (secondary N) is 1. The van der Waals surface area contributed by atoms with Crippen molar-refractivity contribution in [2.75, 3.05) is 0 Å². The molecule has 5 heteroatoms. The van der Waals surface area contributed by atoms with Crippen molar-refractivity contribution in [2.24, 2.45) is 4.99 Å². The van der Waals surface area contributed by atoms with Crippen LogP contribution in [-0.4, -0.2) is 5.84 Å². The maximum atomic E-state index is 13.5. The molecule has 0 aliphatic carbocycles. The van der Waals surface area contributed by atoms with Crippen molar-refractivity contribution in [3.05, 3.63) is 59.1 Å². The van der Waals surface area contributed by atoms with Crippen LogP contribution in [0.3, 0.4) is 0 Å². The highest BCUT2D eigenvalue weighted by Crippen LogP contribution is 2.15. The van der Waals surface area contributed by atoms with E-state index in [1.807, 2.05) is 13.8 Å². The van der Waals surface area contributed by atoms with E-state index in [1.54, 1.807) is 25.3 Å². The molecule has 0 unspecified atom stereocenters. The van der Waals surface area contributed by atoms with Gasteiger partial charge in [-0.15, -0.1) is 0 Å². The Morgan fingerprint density at radius 2 is 1.80 bits per heavy atom.